The Morgan fingerprint density at radius 1 is 1.07 bits per heavy atom. The van der Waals surface area contributed by atoms with E-state index in [4.69, 9.17) is 10.7 Å². The van der Waals surface area contributed by atoms with Crippen molar-refractivity contribution in [1.82, 2.24) is 19.8 Å². The molecule has 2 fully saturated rings. The van der Waals surface area contributed by atoms with Crippen LogP contribution in [0.15, 0.2) is 0 Å². The average Bonchev–Trinajstić information content (AvgIpc) is 3.17. The van der Waals surface area contributed by atoms with Gasteiger partial charge in [-0.3, -0.25) is 9.80 Å². The van der Waals surface area contributed by atoms with Crippen LogP contribution in [0.3, 0.4) is 0 Å². The highest BCUT2D eigenvalue weighted by Gasteiger charge is 2.27. The lowest BCUT2D eigenvalue weighted by Crippen LogP contribution is -2.52. The Morgan fingerprint density at radius 3 is 2.62 bits per heavy atom. The van der Waals surface area contributed by atoms with Crippen LogP contribution in [0.1, 0.15) is 51.9 Å². The van der Waals surface area contributed by atoms with Crippen molar-refractivity contribution in [3.8, 4) is 0 Å². The first kappa shape index (κ1) is 20.5. The standard InChI is InChI=1S/C21H38N8/c1-2-3-9-23-21-25-19(22)18-20(26-21)29(16-24-18)15-12-27-10-13-28(14-11-27)17-7-5-4-6-8-17/h17,24H,2-16H2,1H3,(H3,22,23,25,26). The van der Waals surface area contributed by atoms with Gasteiger partial charge in [0.1, 0.15) is 5.69 Å². The van der Waals surface area contributed by atoms with E-state index in [9.17, 15) is 0 Å². The molecule has 1 saturated carbocycles. The van der Waals surface area contributed by atoms with Crippen LogP contribution in [0.4, 0.5) is 23.3 Å². The van der Waals surface area contributed by atoms with Gasteiger partial charge in [-0.05, 0) is 19.3 Å². The summed E-state index contributed by atoms with van der Waals surface area (Å²) in [6.07, 6.45) is 9.35. The first-order chi connectivity index (χ1) is 14.2. The molecule has 29 heavy (non-hydrogen) atoms. The van der Waals surface area contributed by atoms with Crippen molar-refractivity contribution in [2.75, 3.05) is 73.7 Å². The summed E-state index contributed by atoms with van der Waals surface area (Å²) in [5, 5.41) is 6.68. The normalized spacial score (nSPS) is 21.2. The number of hydrogen-bond donors (Lipinski definition) is 3. The zero-order chi connectivity index (χ0) is 20.1. The number of fused-ring (bicyclic) bond motifs is 1. The molecule has 0 atom stereocenters. The topological polar surface area (TPSA) is 85.6 Å². The van der Waals surface area contributed by atoms with E-state index in [1.54, 1.807) is 0 Å². The zero-order valence-electron chi connectivity index (χ0n) is 18.0. The number of unbranched alkanes of at least 4 members (excludes halogenated alkanes) is 1. The van der Waals surface area contributed by atoms with Gasteiger partial charge in [0, 0.05) is 51.9 Å². The number of nitrogens with zero attached hydrogens (tertiary/aromatic N) is 5. The molecule has 8 nitrogen and oxygen atoms in total. The van der Waals surface area contributed by atoms with Gasteiger partial charge in [0.05, 0.1) is 6.67 Å². The quantitative estimate of drug-likeness (QED) is 0.572. The predicted molar refractivity (Wildman–Crippen MR) is 121 cm³/mol. The van der Waals surface area contributed by atoms with Gasteiger partial charge in [-0.15, -0.1) is 0 Å². The van der Waals surface area contributed by atoms with Gasteiger partial charge >= 0.3 is 0 Å². The second kappa shape index (κ2) is 9.80. The lowest BCUT2D eigenvalue weighted by Gasteiger charge is -2.41. The highest BCUT2D eigenvalue weighted by Crippen LogP contribution is 2.34. The summed E-state index contributed by atoms with van der Waals surface area (Å²) in [6, 6.07) is 0.846. The van der Waals surface area contributed by atoms with Crippen LogP contribution in [0.5, 0.6) is 0 Å². The van der Waals surface area contributed by atoms with E-state index in [1.807, 2.05) is 0 Å². The summed E-state index contributed by atoms with van der Waals surface area (Å²) >= 11 is 0. The summed E-state index contributed by atoms with van der Waals surface area (Å²) in [6.45, 7) is 10.7. The van der Waals surface area contributed by atoms with Gasteiger partial charge in [0.25, 0.3) is 0 Å². The number of hydrogen-bond acceptors (Lipinski definition) is 8. The van der Waals surface area contributed by atoms with Gasteiger partial charge in [0.2, 0.25) is 5.95 Å². The Bertz CT molecular complexity index is 652. The largest absolute Gasteiger partial charge is 0.382 e. The van der Waals surface area contributed by atoms with Crippen LogP contribution >= 0.6 is 0 Å². The molecule has 4 rings (SSSR count). The fourth-order valence-electron chi connectivity index (χ4n) is 4.81. The second-order valence-corrected chi connectivity index (χ2v) is 8.68. The number of aromatic nitrogens is 2. The molecule has 1 aromatic rings. The summed E-state index contributed by atoms with van der Waals surface area (Å²) in [4.78, 5) is 16.8. The van der Waals surface area contributed by atoms with E-state index in [-0.39, 0.29) is 0 Å². The molecule has 4 N–H and O–H groups in total. The smallest absolute Gasteiger partial charge is 0.226 e. The van der Waals surface area contributed by atoms with Crippen LogP contribution < -0.4 is 21.3 Å². The average molecular weight is 403 g/mol. The molecule has 3 heterocycles. The number of piperazine rings is 1. The predicted octanol–water partition coefficient (Wildman–Crippen LogP) is 2.41. The van der Waals surface area contributed by atoms with Gasteiger partial charge in [0.15, 0.2) is 11.6 Å². The van der Waals surface area contributed by atoms with Gasteiger partial charge in [-0.1, -0.05) is 32.6 Å². The maximum absolute atomic E-state index is 6.17. The maximum Gasteiger partial charge on any atom is 0.226 e. The van der Waals surface area contributed by atoms with Crippen molar-refractivity contribution in [3.63, 3.8) is 0 Å². The molecule has 1 aliphatic carbocycles. The Labute approximate surface area is 175 Å². The SMILES string of the molecule is CCCCNc1nc(N)c2c(n1)N(CCN1CCN(C3CCCCC3)CC1)CN2. The summed E-state index contributed by atoms with van der Waals surface area (Å²) < 4.78 is 0. The number of nitrogens with two attached hydrogens (primary N) is 1. The molecule has 1 saturated heterocycles. The lowest BCUT2D eigenvalue weighted by molar-refractivity contribution is 0.0803. The van der Waals surface area contributed by atoms with E-state index in [1.165, 1.54) is 58.3 Å². The Morgan fingerprint density at radius 2 is 1.86 bits per heavy atom. The molecule has 3 aliphatic rings. The van der Waals surface area contributed by atoms with Gasteiger partial charge in [-0.25, -0.2) is 0 Å². The Balaban J connectivity index is 1.27. The van der Waals surface area contributed by atoms with E-state index in [2.05, 4.69) is 37.2 Å². The number of anilines is 4. The Kier molecular flexibility index (Phi) is 6.92. The highest BCUT2D eigenvalue weighted by atomic mass is 15.4. The molecular weight excluding hydrogens is 364 g/mol. The van der Waals surface area contributed by atoms with Crippen molar-refractivity contribution in [1.29, 1.82) is 0 Å². The molecule has 0 unspecified atom stereocenters. The second-order valence-electron chi connectivity index (χ2n) is 8.68. The van der Waals surface area contributed by atoms with Crippen molar-refractivity contribution in [3.05, 3.63) is 0 Å². The fraction of sp³-hybridized carbons (Fsp3) is 0.810. The van der Waals surface area contributed by atoms with Crippen molar-refractivity contribution < 1.29 is 0 Å². The van der Waals surface area contributed by atoms with Gasteiger partial charge in [-0.2, -0.15) is 9.97 Å². The Hall–Kier alpha value is -1.80. The third-order valence-corrected chi connectivity index (χ3v) is 6.66. The van der Waals surface area contributed by atoms with E-state index in [0.717, 1.165) is 56.7 Å². The van der Waals surface area contributed by atoms with E-state index >= 15 is 0 Å². The maximum atomic E-state index is 6.17. The summed E-state index contributed by atoms with van der Waals surface area (Å²) in [5.74, 6) is 2.12. The third kappa shape index (κ3) is 5.04. The molecule has 1 aromatic heterocycles. The molecular formula is C21H38N8. The first-order valence-electron chi connectivity index (χ1n) is 11.6. The van der Waals surface area contributed by atoms with Crippen molar-refractivity contribution in [2.24, 2.45) is 0 Å². The monoisotopic (exact) mass is 402 g/mol. The third-order valence-electron chi connectivity index (χ3n) is 6.66. The zero-order valence-corrected chi connectivity index (χ0v) is 18.0. The molecule has 0 radical (unpaired) electrons. The minimum absolute atomic E-state index is 0.539. The highest BCUT2D eigenvalue weighted by molar-refractivity contribution is 5.81. The van der Waals surface area contributed by atoms with Crippen molar-refractivity contribution >= 4 is 23.3 Å². The first-order valence-corrected chi connectivity index (χ1v) is 11.6. The van der Waals surface area contributed by atoms with Crippen LogP contribution in [-0.4, -0.2) is 78.3 Å². The fourth-order valence-corrected chi connectivity index (χ4v) is 4.81. The van der Waals surface area contributed by atoms with Crippen LogP contribution in [0.2, 0.25) is 0 Å². The molecule has 2 aliphatic heterocycles. The summed E-state index contributed by atoms with van der Waals surface area (Å²) in [7, 11) is 0. The minimum atomic E-state index is 0.539. The van der Waals surface area contributed by atoms with Crippen LogP contribution in [0, 0.1) is 0 Å². The molecule has 0 amide bonds. The van der Waals surface area contributed by atoms with Crippen molar-refractivity contribution in [2.45, 2.75) is 57.9 Å². The number of rotatable bonds is 8. The minimum Gasteiger partial charge on any atom is -0.382 e. The molecule has 0 bridgehead atoms. The van der Waals surface area contributed by atoms with Crippen LogP contribution in [-0.2, 0) is 0 Å². The van der Waals surface area contributed by atoms with E-state index < -0.39 is 0 Å². The lowest BCUT2D eigenvalue weighted by atomic mass is 9.94. The summed E-state index contributed by atoms with van der Waals surface area (Å²) in [5.41, 5.74) is 7.05. The van der Waals surface area contributed by atoms with Crippen LogP contribution in [0.25, 0.3) is 0 Å². The molecule has 0 aromatic carbocycles. The molecule has 0 spiro atoms. The number of nitrogen functional groups attached to an aromatic ring is 1. The van der Waals surface area contributed by atoms with E-state index in [0.29, 0.717) is 11.8 Å². The molecule has 162 valence electrons. The number of nitrogens with one attached hydrogen (secondary N) is 2. The van der Waals surface area contributed by atoms with Gasteiger partial charge < -0.3 is 21.3 Å². The molecule has 8 heteroatoms.